The van der Waals surface area contributed by atoms with Crippen molar-refractivity contribution in [1.82, 2.24) is 4.98 Å². The molecule has 0 spiro atoms. The van der Waals surface area contributed by atoms with E-state index in [0.29, 0.717) is 5.56 Å². The molecule has 122 valence electrons. The van der Waals surface area contributed by atoms with Gasteiger partial charge in [-0.25, -0.2) is 9.78 Å². The smallest absolute Gasteiger partial charge is 0.349 e. The minimum absolute atomic E-state index is 0.0996. The van der Waals surface area contributed by atoms with Gasteiger partial charge < -0.3 is 4.74 Å². The molecule has 1 aromatic heterocycles. The minimum atomic E-state index is -0.699. The second kappa shape index (κ2) is 7.61. The van der Waals surface area contributed by atoms with Crippen LogP contribution in [0.3, 0.4) is 0 Å². The number of hydrogen-bond acceptors (Lipinski definition) is 4. The number of ether oxygens (including phenoxy) is 1. The van der Waals surface area contributed by atoms with Crippen molar-refractivity contribution >= 4 is 34.5 Å². The lowest BCUT2D eigenvalue weighted by atomic mass is 10.1. The van der Waals surface area contributed by atoms with Gasteiger partial charge in [0.2, 0.25) is 0 Å². The molecule has 0 unspecified atom stereocenters. The number of halogens is 1. The maximum absolute atomic E-state index is 12.2. The molecule has 3 rings (SSSR count). The molecule has 0 saturated heterocycles. The molecular formula is C20H13ClN2O2. The Labute approximate surface area is 149 Å². The van der Waals surface area contributed by atoms with Crippen LogP contribution in [0.15, 0.2) is 66.2 Å². The van der Waals surface area contributed by atoms with Crippen molar-refractivity contribution in [1.29, 1.82) is 5.26 Å². The molecule has 0 atom stereocenters. The van der Waals surface area contributed by atoms with E-state index in [9.17, 15) is 10.1 Å². The monoisotopic (exact) mass is 348 g/mol. The van der Waals surface area contributed by atoms with Crippen molar-refractivity contribution in [2.24, 2.45) is 0 Å². The third-order valence-electron chi connectivity index (χ3n) is 3.56. The van der Waals surface area contributed by atoms with E-state index in [4.69, 9.17) is 16.3 Å². The molecule has 0 bridgehead atoms. The lowest BCUT2D eigenvalue weighted by Gasteiger charge is -2.05. The largest absolute Gasteiger partial charge is 0.457 e. The summed E-state index contributed by atoms with van der Waals surface area (Å²) in [5, 5.41) is 10.4. The molecule has 0 radical (unpaired) electrons. The minimum Gasteiger partial charge on any atom is -0.457 e. The summed E-state index contributed by atoms with van der Waals surface area (Å²) < 4.78 is 5.19. The van der Waals surface area contributed by atoms with Crippen molar-refractivity contribution in [3.8, 4) is 6.07 Å². The van der Waals surface area contributed by atoms with E-state index in [1.54, 1.807) is 6.07 Å². The number of esters is 1. The molecule has 0 aliphatic rings. The van der Waals surface area contributed by atoms with Gasteiger partial charge in [0.15, 0.2) is 0 Å². The number of aromatic nitrogens is 1. The standard InChI is InChI=1S/C20H13ClN2O2/c21-19-16(10-15-8-4-5-9-18(15)23-19)11-17(12-22)20(24)25-13-14-6-2-1-3-7-14/h1-11H,13H2. The number of carbonyl (C=O) groups is 1. The summed E-state index contributed by atoms with van der Waals surface area (Å²) in [6.07, 6.45) is 1.40. The lowest BCUT2D eigenvalue weighted by molar-refractivity contribution is -0.139. The van der Waals surface area contributed by atoms with Crippen LogP contribution in [-0.4, -0.2) is 11.0 Å². The van der Waals surface area contributed by atoms with E-state index in [-0.39, 0.29) is 17.3 Å². The van der Waals surface area contributed by atoms with Crippen LogP contribution in [0.5, 0.6) is 0 Å². The first-order valence-electron chi connectivity index (χ1n) is 7.55. The van der Waals surface area contributed by atoms with Crippen LogP contribution in [0, 0.1) is 11.3 Å². The van der Waals surface area contributed by atoms with Gasteiger partial charge in [-0.2, -0.15) is 5.26 Å². The Kier molecular flexibility index (Phi) is 5.08. The molecule has 1 heterocycles. The molecule has 25 heavy (non-hydrogen) atoms. The summed E-state index contributed by atoms with van der Waals surface area (Å²) in [6, 6.07) is 20.4. The lowest BCUT2D eigenvalue weighted by Crippen LogP contribution is -2.07. The normalized spacial score (nSPS) is 11.1. The summed E-state index contributed by atoms with van der Waals surface area (Å²) in [4.78, 5) is 16.4. The number of fused-ring (bicyclic) bond motifs is 1. The summed E-state index contributed by atoms with van der Waals surface area (Å²) >= 11 is 6.16. The molecule has 0 fully saturated rings. The molecular weight excluding hydrogens is 336 g/mol. The van der Waals surface area contributed by atoms with Crippen LogP contribution in [-0.2, 0) is 16.1 Å². The van der Waals surface area contributed by atoms with Crippen LogP contribution in [0.4, 0.5) is 0 Å². The van der Waals surface area contributed by atoms with Gasteiger partial charge in [0.05, 0.1) is 5.52 Å². The number of benzene rings is 2. The fourth-order valence-corrected chi connectivity index (χ4v) is 2.50. The van der Waals surface area contributed by atoms with Crippen LogP contribution in [0.25, 0.3) is 17.0 Å². The van der Waals surface area contributed by atoms with Crippen LogP contribution >= 0.6 is 11.6 Å². The number of pyridine rings is 1. The van der Waals surface area contributed by atoms with Gasteiger partial charge in [-0.05, 0) is 23.8 Å². The van der Waals surface area contributed by atoms with Crippen molar-refractivity contribution in [2.75, 3.05) is 0 Å². The van der Waals surface area contributed by atoms with E-state index in [0.717, 1.165) is 16.5 Å². The molecule has 0 saturated carbocycles. The first kappa shape index (κ1) is 16.7. The third kappa shape index (κ3) is 4.03. The van der Waals surface area contributed by atoms with Crippen molar-refractivity contribution < 1.29 is 9.53 Å². The van der Waals surface area contributed by atoms with Gasteiger partial charge in [-0.15, -0.1) is 0 Å². The zero-order chi connectivity index (χ0) is 17.6. The maximum atomic E-state index is 12.2. The number of nitriles is 1. The quantitative estimate of drug-likeness (QED) is 0.300. The SMILES string of the molecule is N#CC(=Cc1cc2ccccc2nc1Cl)C(=O)OCc1ccccc1. The summed E-state index contributed by atoms with van der Waals surface area (Å²) in [5.41, 5.74) is 1.96. The van der Waals surface area contributed by atoms with E-state index < -0.39 is 5.97 Å². The Hall–Kier alpha value is -3.16. The van der Waals surface area contributed by atoms with Gasteiger partial charge in [-0.1, -0.05) is 60.1 Å². The van der Waals surface area contributed by atoms with Gasteiger partial charge in [0.1, 0.15) is 23.4 Å². The molecule has 4 nitrogen and oxygen atoms in total. The van der Waals surface area contributed by atoms with Crippen LogP contribution in [0.2, 0.25) is 5.15 Å². The number of rotatable bonds is 4. The topological polar surface area (TPSA) is 63.0 Å². The van der Waals surface area contributed by atoms with E-state index in [1.807, 2.05) is 60.7 Å². The molecule has 5 heteroatoms. The molecule has 0 N–H and O–H groups in total. The van der Waals surface area contributed by atoms with Gasteiger partial charge in [0, 0.05) is 10.9 Å². The molecule has 0 amide bonds. The number of hydrogen-bond donors (Lipinski definition) is 0. The Morgan fingerprint density at radius 2 is 1.88 bits per heavy atom. The van der Waals surface area contributed by atoms with Crippen molar-refractivity contribution in [3.63, 3.8) is 0 Å². The fraction of sp³-hybridized carbons (Fsp3) is 0.0500. The summed E-state index contributed by atoms with van der Waals surface area (Å²) in [5.74, 6) is -0.699. The Bertz CT molecular complexity index is 991. The Balaban J connectivity index is 1.83. The van der Waals surface area contributed by atoms with E-state index in [2.05, 4.69) is 4.98 Å². The fourth-order valence-electron chi connectivity index (χ4n) is 2.30. The van der Waals surface area contributed by atoms with E-state index in [1.165, 1.54) is 6.08 Å². The molecule has 3 aromatic rings. The predicted molar refractivity (Wildman–Crippen MR) is 96.6 cm³/mol. The van der Waals surface area contributed by atoms with Crippen LogP contribution in [0.1, 0.15) is 11.1 Å². The molecule has 0 aliphatic carbocycles. The highest BCUT2D eigenvalue weighted by molar-refractivity contribution is 6.31. The Morgan fingerprint density at radius 3 is 2.64 bits per heavy atom. The predicted octanol–water partition coefficient (Wildman–Crippen LogP) is 4.54. The summed E-state index contributed by atoms with van der Waals surface area (Å²) in [7, 11) is 0. The number of nitrogens with zero attached hydrogens (tertiary/aromatic N) is 2. The average Bonchev–Trinajstić information content (AvgIpc) is 2.65. The van der Waals surface area contributed by atoms with Crippen molar-refractivity contribution in [3.05, 3.63) is 82.5 Å². The number of para-hydroxylation sites is 1. The highest BCUT2D eigenvalue weighted by atomic mass is 35.5. The maximum Gasteiger partial charge on any atom is 0.349 e. The second-order valence-corrected chi connectivity index (χ2v) is 5.65. The first-order valence-corrected chi connectivity index (χ1v) is 7.93. The third-order valence-corrected chi connectivity index (χ3v) is 3.86. The van der Waals surface area contributed by atoms with Gasteiger partial charge in [-0.3, -0.25) is 0 Å². The highest BCUT2D eigenvalue weighted by Crippen LogP contribution is 2.23. The van der Waals surface area contributed by atoms with Gasteiger partial charge in [0.25, 0.3) is 0 Å². The second-order valence-electron chi connectivity index (χ2n) is 5.29. The zero-order valence-corrected chi connectivity index (χ0v) is 13.9. The van der Waals surface area contributed by atoms with Crippen molar-refractivity contribution in [2.45, 2.75) is 6.61 Å². The van der Waals surface area contributed by atoms with Gasteiger partial charge >= 0.3 is 5.97 Å². The number of carbonyl (C=O) groups excluding carboxylic acids is 1. The zero-order valence-electron chi connectivity index (χ0n) is 13.1. The first-order chi connectivity index (χ1) is 12.2. The molecule has 2 aromatic carbocycles. The average molecular weight is 349 g/mol. The Morgan fingerprint density at radius 1 is 1.16 bits per heavy atom. The van der Waals surface area contributed by atoms with E-state index >= 15 is 0 Å². The highest BCUT2D eigenvalue weighted by Gasteiger charge is 2.13. The summed E-state index contributed by atoms with van der Waals surface area (Å²) in [6.45, 7) is 0.0996. The van der Waals surface area contributed by atoms with Crippen LogP contribution < -0.4 is 0 Å². The molecule has 0 aliphatic heterocycles.